The molecule has 21 heavy (non-hydrogen) atoms. The summed E-state index contributed by atoms with van der Waals surface area (Å²) >= 11 is 3.43. The van der Waals surface area contributed by atoms with Gasteiger partial charge in [0.1, 0.15) is 12.0 Å². The Kier molecular flexibility index (Phi) is 3.21. The molecule has 0 radical (unpaired) electrons. The Morgan fingerprint density at radius 3 is 2.71 bits per heavy atom. The number of nitrogens with zero attached hydrogens (tertiary/aromatic N) is 4. The second kappa shape index (κ2) is 4.92. The van der Waals surface area contributed by atoms with Gasteiger partial charge in [-0.05, 0) is 41.9 Å². The normalized spacial score (nSPS) is 11.0. The van der Waals surface area contributed by atoms with E-state index in [9.17, 15) is 10.1 Å². The number of halogens is 1. The van der Waals surface area contributed by atoms with Crippen LogP contribution in [0.3, 0.4) is 0 Å². The van der Waals surface area contributed by atoms with E-state index >= 15 is 0 Å². The molecule has 3 aromatic rings. The highest BCUT2D eigenvalue weighted by atomic mass is 79.9. The maximum absolute atomic E-state index is 11.0. The van der Waals surface area contributed by atoms with Gasteiger partial charge in [0.2, 0.25) is 0 Å². The van der Waals surface area contributed by atoms with Crippen LogP contribution in [0.4, 0.5) is 5.69 Å². The Morgan fingerprint density at radius 2 is 2.00 bits per heavy atom. The van der Waals surface area contributed by atoms with E-state index in [1.807, 2.05) is 35.8 Å². The summed E-state index contributed by atoms with van der Waals surface area (Å²) in [5.41, 5.74) is 2.31. The number of rotatable bonds is 2. The lowest BCUT2D eigenvalue weighted by Gasteiger charge is -2.10. The Labute approximate surface area is 128 Å². The van der Waals surface area contributed by atoms with Crippen LogP contribution >= 0.6 is 15.9 Å². The average molecular weight is 347 g/mol. The zero-order chi connectivity index (χ0) is 15.1. The van der Waals surface area contributed by atoms with Gasteiger partial charge in [0.25, 0.3) is 5.69 Å². The summed E-state index contributed by atoms with van der Waals surface area (Å²) < 4.78 is 2.49. The molecule has 0 bridgehead atoms. The van der Waals surface area contributed by atoms with Crippen molar-refractivity contribution in [3.63, 3.8) is 0 Å². The fourth-order valence-electron chi connectivity index (χ4n) is 2.31. The zero-order valence-electron chi connectivity index (χ0n) is 11.4. The molecule has 6 nitrogen and oxygen atoms in total. The fraction of sp³-hybridized carbons (Fsp3) is 0.143. The maximum atomic E-state index is 11.0. The van der Waals surface area contributed by atoms with Gasteiger partial charge in [0, 0.05) is 5.56 Å². The molecule has 3 rings (SSSR count). The van der Waals surface area contributed by atoms with Gasteiger partial charge in [-0.2, -0.15) is 0 Å². The highest BCUT2D eigenvalue weighted by molar-refractivity contribution is 9.10. The third kappa shape index (κ3) is 2.09. The lowest BCUT2D eigenvalue weighted by Crippen LogP contribution is -2.04. The van der Waals surface area contributed by atoms with Crippen molar-refractivity contribution in [2.45, 2.75) is 13.8 Å². The Balaban J connectivity index is 2.31. The van der Waals surface area contributed by atoms with E-state index in [4.69, 9.17) is 0 Å². The first-order valence-electron chi connectivity index (χ1n) is 6.24. The maximum Gasteiger partial charge on any atom is 0.291 e. The lowest BCUT2D eigenvalue weighted by atomic mass is 10.2. The van der Waals surface area contributed by atoms with Crippen molar-refractivity contribution in [1.82, 2.24) is 14.5 Å². The van der Waals surface area contributed by atoms with Crippen LogP contribution in [0.5, 0.6) is 0 Å². The average Bonchev–Trinajstić information content (AvgIpc) is 2.77. The minimum atomic E-state index is -0.435. The first-order valence-corrected chi connectivity index (χ1v) is 7.04. The van der Waals surface area contributed by atoms with E-state index in [0.717, 1.165) is 16.9 Å². The first kappa shape index (κ1) is 13.7. The summed E-state index contributed by atoms with van der Waals surface area (Å²) in [7, 11) is 0. The third-order valence-electron chi connectivity index (χ3n) is 3.36. The number of hydrogen-bond acceptors (Lipinski definition) is 4. The van der Waals surface area contributed by atoms with Crippen molar-refractivity contribution in [2.75, 3.05) is 0 Å². The molecule has 0 saturated carbocycles. The summed E-state index contributed by atoms with van der Waals surface area (Å²) in [5, 5.41) is 11.0. The van der Waals surface area contributed by atoms with Gasteiger partial charge in [0.05, 0.1) is 20.4 Å². The van der Waals surface area contributed by atoms with Crippen LogP contribution in [0, 0.1) is 24.0 Å². The van der Waals surface area contributed by atoms with Crippen LogP contribution in [-0.4, -0.2) is 19.5 Å². The minimum absolute atomic E-state index is 0.00676. The third-order valence-corrected chi connectivity index (χ3v) is 4.31. The van der Waals surface area contributed by atoms with Crippen molar-refractivity contribution in [1.29, 1.82) is 0 Å². The van der Waals surface area contributed by atoms with E-state index in [-0.39, 0.29) is 5.69 Å². The SMILES string of the molecule is Cc1c([N+](=O)[O-])cnc(-n2c(C)nc3ccccc32)c1Br. The lowest BCUT2D eigenvalue weighted by molar-refractivity contribution is -0.385. The van der Waals surface area contributed by atoms with Crippen molar-refractivity contribution < 1.29 is 4.92 Å². The summed E-state index contributed by atoms with van der Waals surface area (Å²) in [6.45, 7) is 3.58. The molecule has 0 aliphatic rings. The predicted molar refractivity (Wildman–Crippen MR) is 82.7 cm³/mol. The van der Waals surface area contributed by atoms with Gasteiger partial charge >= 0.3 is 0 Å². The van der Waals surface area contributed by atoms with E-state index in [1.54, 1.807) is 6.92 Å². The highest BCUT2D eigenvalue weighted by Gasteiger charge is 2.20. The van der Waals surface area contributed by atoms with E-state index < -0.39 is 4.92 Å². The summed E-state index contributed by atoms with van der Waals surface area (Å²) in [6, 6.07) is 7.71. The molecular formula is C14H11BrN4O2. The minimum Gasteiger partial charge on any atom is -0.280 e. The van der Waals surface area contributed by atoms with Crippen LogP contribution in [0.25, 0.3) is 16.9 Å². The van der Waals surface area contributed by atoms with Crippen LogP contribution in [0.1, 0.15) is 11.4 Å². The van der Waals surface area contributed by atoms with Crippen molar-refractivity contribution >= 4 is 32.7 Å². The molecule has 1 aromatic carbocycles. The molecule has 0 aliphatic carbocycles. The van der Waals surface area contributed by atoms with E-state index in [2.05, 4.69) is 25.9 Å². The Bertz CT molecular complexity index is 873. The van der Waals surface area contributed by atoms with Gasteiger partial charge in [-0.1, -0.05) is 12.1 Å². The van der Waals surface area contributed by atoms with Gasteiger partial charge in [-0.3, -0.25) is 14.7 Å². The number of nitro groups is 1. The summed E-state index contributed by atoms with van der Waals surface area (Å²) in [5.74, 6) is 1.38. The molecule has 2 heterocycles. The number of aromatic nitrogens is 3. The number of aryl methyl sites for hydroxylation is 1. The number of fused-ring (bicyclic) bond motifs is 1. The van der Waals surface area contributed by atoms with E-state index in [1.165, 1.54) is 6.20 Å². The molecule has 106 valence electrons. The molecule has 0 spiro atoms. The second-order valence-corrected chi connectivity index (χ2v) is 5.44. The van der Waals surface area contributed by atoms with Crippen LogP contribution in [0.15, 0.2) is 34.9 Å². The molecule has 0 unspecified atom stereocenters. The molecule has 0 saturated heterocycles. The molecule has 0 N–H and O–H groups in total. The topological polar surface area (TPSA) is 73.8 Å². The summed E-state index contributed by atoms with van der Waals surface area (Å²) in [4.78, 5) is 19.3. The zero-order valence-corrected chi connectivity index (χ0v) is 13.0. The van der Waals surface area contributed by atoms with E-state index in [0.29, 0.717) is 15.9 Å². The quantitative estimate of drug-likeness (QED) is 0.523. The number of para-hydroxylation sites is 2. The van der Waals surface area contributed by atoms with Crippen LogP contribution < -0.4 is 0 Å². The molecule has 0 amide bonds. The van der Waals surface area contributed by atoms with Crippen molar-refractivity contribution in [2.24, 2.45) is 0 Å². The number of pyridine rings is 1. The Morgan fingerprint density at radius 1 is 1.29 bits per heavy atom. The monoisotopic (exact) mass is 346 g/mol. The van der Waals surface area contributed by atoms with Crippen molar-refractivity contribution in [3.05, 3.63) is 56.4 Å². The fourth-order valence-corrected chi connectivity index (χ4v) is 2.79. The van der Waals surface area contributed by atoms with Gasteiger partial charge in [-0.25, -0.2) is 9.97 Å². The first-order chi connectivity index (χ1) is 10.0. The molecule has 0 fully saturated rings. The predicted octanol–water partition coefficient (Wildman–Crippen LogP) is 3.71. The molecule has 2 aromatic heterocycles. The Hall–Kier alpha value is -2.28. The van der Waals surface area contributed by atoms with Crippen molar-refractivity contribution in [3.8, 4) is 5.82 Å². The molecular weight excluding hydrogens is 336 g/mol. The number of benzene rings is 1. The van der Waals surface area contributed by atoms with Gasteiger partial charge in [0.15, 0.2) is 5.82 Å². The largest absolute Gasteiger partial charge is 0.291 e. The number of imidazole rings is 1. The smallest absolute Gasteiger partial charge is 0.280 e. The second-order valence-electron chi connectivity index (χ2n) is 4.65. The van der Waals surface area contributed by atoms with Gasteiger partial charge < -0.3 is 0 Å². The van der Waals surface area contributed by atoms with Gasteiger partial charge in [-0.15, -0.1) is 0 Å². The van der Waals surface area contributed by atoms with Crippen LogP contribution in [-0.2, 0) is 0 Å². The number of hydrogen-bond donors (Lipinski definition) is 0. The molecule has 7 heteroatoms. The molecule has 0 atom stereocenters. The molecule has 0 aliphatic heterocycles. The van der Waals surface area contributed by atoms with Crippen LogP contribution in [0.2, 0.25) is 0 Å². The standard InChI is InChI=1S/C14H11BrN4O2/c1-8-12(19(20)21)7-16-14(13(8)15)18-9(2)17-10-5-3-4-6-11(10)18/h3-7H,1-2H3. The highest BCUT2D eigenvalue weighted by Crippen LogP contribution is 2.32. The summed E-state index contributed by atoms with van der Waals surface area (Å²) in [6.07, 6.45) is 1.28.